The number of thiazole rings is 1. The van der Waals surface area contributed by atoms with E-state index in [0.717, 1.165) is 42.6 Å². The van der Waals surface area contributed by atoms with Gasteiger partial charge >= 0.3 is 0 Å². The van der Waals surface area contributed by atoms with Crippen LogP contribution >= 0.6 is 11.3 Å². The van der Waals surface area contributed by atoms with Gasteiger partial charge in [-0.25, -0.2) is 18.7 Å². The number of aromatic nitrogens is 2. The van der Waals surface area contributed by atoms with Gasteiger partial charge in [-0.15, -0.1) is 11.3 Å². The lowest BCUT2D eigenvalue weighted by Crippen LogP contribution is -2.44. The van der Waals surface area contributed by atoms with Crippen molar-refractivity contribution in [2.75, 3.05) is 0 Å². The summed E-state index contributed by atoms with van der Waals surface area (Å²) in [4.78, 5) is 20.4. The summed E-state index contributed by atoms with van der Waals surface area (Å²) in [6, 6.07) is 0.663. The molecule has 1 amide bonds. The van der Waals surface area contributed by atoms with Gasteiger partial charge in [-0.1, -0.05) is 12.8 Å². The van der Waals surface area contributed by atoms with E-state index < -0.39 is 23.1 Å². The molecule has 0 aromatic carbocycles. The van der Waals surface area contributed by atoms with Crippen LogP contribution < -0.4 is 5.32 Å². The number of aryl methyl sites for hydroxylation is 1. The summed E-state index contributed by atoms with van der Waals surface area (Å²) in [6.07, 6.45) is 4.30. The Hall–Kier alpha value is -1.89. The average molecular weight is 323 g/mol. The van der Waals surface area contributed by atoms with Crippen molar-refractivity contribution in [3.05, 3.63) is 45.7 Å². The molecule has 2 heterocycles. The second kappa shape index (κ2) is 5.72. The van der Waals surface area contributed by atoms with Gasteiger partial charge in [-0.3, -0.25) is 4.79 Å². The van der Waals surface area contributed by atoms with E-state index in [9.17, 15) is 13.6 Å². The van der Waals surface area contributed by atoms with Crippen LogP contribution in [0.3, 0.4) is 0 Å². The lowest BCUT2D eigenvalue weighted by Gasteiger charge is -2.28. The first-order chi connectivity index (χ1) is 10.5. The summed E-state index contributed by atoms with van der Waals surface area (Å²) in [7, 11) is 0. The molecule has 2 aromatic heterocycles. The van der Waals surface area contributed by atoms with Gasteiger partial charge in [0.2, 0.25) is 0 Å². The molecule has 0 bridgehead atoms. The zero-order valence-electron chi connectivity index (χ0n) is 12.0. The van der Waals surface area contributed by atoms with Crippen molar-refractivity contribution in [2.24, 2.45) is 0 Å². The minimum absolute atomic E-state index is 0.388. The Bertz CT molecular complexity index is 711. The average Bonchev–Trinajstić information content (AvgIpc) is 3.08. The molecular weight excluding hydrogens is 308 g/mol. The normalized spacial score (nSPS) is 16.7. The second-order valence-electron chi connectivity index (χ2n) is 5.52. The number of halogens is 2. The molecule has 0 atom stereocenters. The molecule has 1 N–H and O–H groups in total. The number of rotatable bonds is 3. The van der Waals surface area contributed by atoms with E-state index in [2.05, 4.69) is 15.3 Å². The SMILES string of the molecule is Cc1csc(C2(NC(=O)c3ncc(F)cc3F)CCCC2)n1. The van der Waals surface area contributed by atoms with E-state index in [-0.39, 0.29) is 5.69 Å². The van der Waals surface area contributed by atoms with Crippen LogP contribution in [0.25, 0.3) is 0 Å². The predicted octanol–water partition coefficient (Wildman–Crippen LogP) is 3.32. The van der Waals surface area contributed by atoms with Crippen molar-refractivity contribution < 1.29 is 13.6 Å². The fourth-order valence-corrected chi connectivity index (χ4v) is 3.82. The molecule has 1 fully saturated rings. The van der Waals surface area contributed by atoms with Gasteiger partial charge < -0.3 is 5.32 Å². The Kier molecular flexibility index (Phi) is 3.90. The Labute approximate surface area is 130 Å². The second-order valence-corrected chi connectivity index (χ2v) is 6.38. The maximum Gasteiger partial charge on any atom is 0.273 e. The van der Waals surface area contributed by atoms with Crippen molar-refractivity contribution >= 4 is 17.2 Å². The van der Waals surface area contributed by atoms with E-state index in [4.69, 9.17) is 0 Å². The van der Waals surface area contributed by atoms with Crippen molar-refractivity contribution in [3.8, 4) is 0 Å². The Morgan fingerprint density at radius 1 is 1.36 bits per heavy atom. The predicted molar refractivity (Wildman–Crippen MR) is 78.6 cm³/mol. The molecule has 0 radical (unpaired) electrons. The van der Waals surface area contributed by atoms with Crippen molar-refractivity contribution in [3.63, 3.8) is 0 Å². The van der Waals surface area contributed by atoms with Crippen LogP contribution in [0.15, 0.2) is 17.6 Å². The highest BCUT2D eigenvalue weighted by atomic mass is 32.1. The zero-order chi connectivity index (χ0) is 15.7. The van der Waals surface area contributed by atoms with Gasteiger partial charge in [-0.05, 0) is 19.8 Å². The van der Waals surface area contributed by atoms with Crippen LogP contribution in [0.1, 0.15) is 46.9 Å². The van der Waals surface area contributed by atoms with Crippen LogP contribution in [0.2, 0.25) is 0 Å². The molecule has 1 aliphatic rings. The quantitative estimate of drug-likeness (QED) is 0.943. The third-order valence-corrected chi connectivity index (χ3v) is 5.03. The molecule has 7 heteroatoms. The number of pyridine rings is 1. The fourth-order valence-electron chi connectivity index (χ4n) is 2.80. The molecule has 116 valence electrons. The van der Waals surface area contributed by atoms with E-state index in [1.807, 2.05) is 12.3 Å². The molecule has 0 unspecified atom stereocenters. The van der Waals surface area contributed by atoms with E-state index in [0.29, 0.717) is 6.07 Å². The number of carbonyl (C=O) groups excluding carboxylic acids is 1. The lowest BCUT2D eigenvalue weighted by molar-refractivity contribution is 0.0888. The molecule has 1 saturated carbocycles. The monoisotopic (exact) mass is 323 g/mol. The zero-order valence-corrected chi connectivity index (χ0v) is 12.8. The number of hydrogen-bond donors (Lipinski definition) is 1. The molecule has 22 heavy (non-hydrogen) atoms. The largest absolute Gasteiger partial charge is 0.339 e. The third-order valence-electron chi connectivity index (χ3n) is 3.86. The summed E-state index contributed by atoms with van der Waals surface area (Å²) in [5.74, 6) is -2.40. The molecule has 0 spiro atoms. The minimum Gasteiger partial charge on any atom is -0.339 e. The van der Waals surface area contributed by atoms with E-state index >= 15 is 0 Å². The lowest BCUT2D eigenvalue weighted by atomic mass is 9.98. The first-order valence-electron chi connectivity index (χ1n) is 7.06. The molecule has 1 aliphatic carbocycles. The molecule has 4 nitrogen and oxygen atoms in total. The summed E-state index contributed by atoms with van der Waals surface area (Å²) in [5, 5.41) is 5.64. The number of nitrogens with one attached hydrogen (secondary N) is 1. The summed E-state index contributed by atoms with van der Waals surface area (Å²) in [6.45, 7) is 1.89. The third kappa shape index (κ3) is 2.72. The van der Waals surface area contributed by atoms with Crippen LogP contribution in [0.5, 0.6) is 0 Å². The highest BCUT2D eigenvalue weighted by Gasteiger charge is 2.40. The first-order valence-corrected chi connectivity index (χ1v) is 7.94. The Morgan fingerprint density at radius 2 is 2.09 bits per heavy atom. The smallest absolute Gasteiger partial charge is 0.273 e. The van der Waals surface area contributed by atoms with Gasteiger partial charge in [-0.2, -0.15) is 0 Å². The van der Waals surface area contributed by atoms with Crippen LogP contribution in [0.4, 0.5) is 8.78 Å². The van der Waals surface area contributed by atoms with Gasteiger partial charge in [0.1, 0.15) is 10.8 Å². The standard InChI is InChI=1S/C15H15F2N3OS/c1-9-8-22-14(19-9)15(4-2-3-5-15)20-13(21)12-11(17)6-10(16)7-18-12/h6-8H,2-5H2,1H3,(H,20,21). The van der Waals surface area contributed by atoms with Gasteiger partial charge in [0.15, 0.2) is 11.5 Å². The molecule has 3 rings (SSSR count). The van der Waals surface area contributed by atoms with Crippen molar-refractivity contribution in [1.82, 2.24) is 15.3 Å². The number of nitrogens with zero attached hydrogens (tertiary/aromatic N) is 2. The highest BCUT2D eigenvalue weighted by molar-refractivity contribution is 7.09. The maximum atomic E-state index is 13.7. The van der Waals surface area contributed by atoms with Crippen molar-refractivity contribution in [1.29, 1.82) is 0 Å². The van der Waals surface area contributed by atoms with Crippen LogP contribution in [0, 0.1) is 18.6 Å². The molecular formula is C15H15F2N3OS. The highest BCUT2D eigenvalue weighted by Crippen LogP contribution is 2.40. The maximum absolute atomic E-state index is 13.7. The van der Waals surface area contributed by atoms with E-state index in [1.54, 1.807) is 0 Å². The molecule has 0 saturated heterocycles. The number of amides is 1. The topological polar surface area (TPSA) is 54.9 Å². The Morgan fingerprint density at radius 3 is 2.68 bits per heavy atom. The summed E-state index contributed by atoms with van der Waals surface area (Å²) < 4.78 is 26.6. The minimum atomic E-state index is -0.957. The van der Waals surface area contributed by atoms with Gasteiger partial charge in [0, 0.05) is 17.1 Å². The summed E-state index contributed by atoms with van der Waals surface area (Å²) >= 11 is 1.49. The van der Waals surface area contributed by atoms with Crippen LogP contribution in [-0.2, 0) is 5.54 Å². The number of carbonyl (C=O) groups is 1. The van der Waals surface area contributed by atoms with E-state index in [1.165, 1.54) is 11.3 Å². The molecule has 0 aliphatic heterocycles. The summed E-state index contributed by atoms with van der Waals surface area (Å²) in [5.41, 5.74) is -0.0639. The number of hydrogen-bond acceptors (Lipinski definition) is 4. The molecule has 2 aromatic rings. The first kappa shape index (κ1) is 15.0. The fraction of sp³-hybridized carbons (Fsp3) is 0.400. The van der Waals surface area contributed by atoms with Gasteiger partial charge in [0.25, 0.3) is 5.91 Å². The van der Waals surface area contributed by atoms with Crippen LogP contribution in [-0.4, -0.2) is 15.9 Å². The Balaban J connectivity index is 1.89. The van der Waals surface area contributed by atoms with Gasteiger partial charge in [0.05, 0.1) is 11.7 Å². The van der Waals surface area contributed by atoms with Crippen molar-refractivity contribution in [2.45, 2.75) is 38.1 Å².